The fourth-order valence-electron chi connectivity index (χ4n) is 4.13. The number of benzene rings is 3. The summed E-state index contributed by atoms with van der Waals surface area (Å²) in [4.78, 5) is 27.1. The van der Waals surface area contributed by atoms with Crippen LogP contribution >= 0.6 is 0 Å². The molecule has 35 heavy (non-hydrogen) atoms. The Labute approximate surface area is 199 Å². The highest BCUT2D eigenvalue weighted by Crippen LogP contribution is 2.37. The smallest absolute Gasteiger partial charge is 0.281 e. The zero-order valence-electron chi connectivity index (χ0n) is 18.6. The molecule has 2 aliphatic rings. The summed E-state index contributed by atoms with van der Waals surface area (Å²) >= 11 is 0. The number of halogens is 1. The number of fused-ring (bicyclic) bond motifs is 2. The third-order valence-corrected chi connectivity index (χ3v) is 5.78. The van der Waals surface area contributed by atoms with E-state index < -0.39 is 11.7 Å². The van der Waals surface area contributed by atoms with Crippen molar-refractivity contribution in [1.82, 2.24) is 0 Å². The van der Waals surface area contributed by atoms with Gasteiger partial charge in [-0.15, -0.1) is 0 Å². The minimum absolute atomic E-state index is 0.0149. The molecule has 0 aromatic heterocycles. The molecule has 2 N–H and O–H groups in total. The summed E-state index contributed by atoms with van der Waals surface area (Å²) in [7, 11) is 1.54. The standard InChI is InChI=1S/C25H20FN3O6/c1-33-19-5-2-14(3-6-19)24(30)27-18-4-7-20-21(10-18)29(25(31)22(20)28-32)11-15-8-17(26)9-16-12-34-13-35-23(15)16/h2-10,32H,11-13H2,1H3,(H,27,30)/b28-22-. The van der Waals surface area contributed by atoms with Gasteiger partial charge in [0.2, 0.25) is 0 Å². The zero-order valence-corrected chi connectivity index (χ0v) is 18.6. The number of carbonyl (C=O) groups excluding carboxylic acids is 2. The number of ether oxygens (including phenoxy) is 3. The maximum absolute atomic E-state index is 14.2. The maximum atomic E-state index is 14.2. The Kier molecular flexibility index (Phi) is 5.79. The normalized spacial score (nSPS) is 15.4. The lowest BCUT2D eigenvalue weighted by Crippen LogP contribution is -2.30. The fourth-order valence-corrected chi connectivity index (χ4v) is 4.13. The van der Waals surface area contributed by atoms with Gasteiger partial charge in [0.1, 0.15) is 17.3 Å². The van der Waals surface area contributed by atoms with Crippen molar-refractivity contribution in [3.63, 3.8) is 0 Å². The average molecular weight is 477 g/mol. The maximum Gasteiger partial charge on any atom is 0.281 e. The van der Waals surface area contributed by atoms with Crippen molar-refractivity contribution in [2.24, 2.45) is 5.16 Å². The summed E-state index contributed by atoms with van der Waals surface area (Å²) in [5.74, 6) is -0.334. The largest absolute Gasteiger partial charge is 0.497 e. The van der Waals surface area contributed by atoms with Gasteiger partial charge in [-0.05, 0) is 54.6 Å². The van der Waals surface area contributed by atoms with Crippen LogP contribution < -0.4 is 19.7 Å². The molecule has 10 heteroatoms. The van der Waals surface area contributed by atoms with Crippen molar-refractivity contribution >= 4 is 28.9 Å². The summed E-state index contributed by atoms with van der Waals surface area (Å²) in [6.45, 7) is 0.164. The van der Waals surface area contributed by atoms with Gasteiger partial charge in [0, 0.05) is 27.9 Å². The van der Waals surface area contributed by atoms with Gasteiger partial charge in [0.05, 0.1) is 25.9 Å². The van der Waals surface area contributed by atoms with E-state index in [1.807, 2.05) is 0 Å². The first-order valence-corrected chi connectivity index (χ1v) is 10.6. The minimum Gasteiger partial charge on any atom is -0.497 e. The van der Waals surface area contributed by atoms with Gasteiger partial charge in [-0.1, -0.05) is 5.16 Å². The highest BCUT2D eigenvalue weighted by atomic mass is 19.1. The van der Waals surface area contributed by atoms with Gasteiger partial charge in [-0.3, -0.25) is 9.59 Å². The van der Waals surface area contributed by atoms with Crippen LogP contribution in [0.25, 0.3) is 0 Å². The van der Waals surface area contributed by atoms with Crippen molar-refractivity contribution in [1.29, 1.82) is 0 Å². The van der Waals surface area contributed by atoms with Crippen LogP contribution in [0.5, 0.6) is 11.5 Å². The SMILES string of the molecule is COc1ccc(C(=O)Nc2ccc3c(c2)N(Cc2cc(F)cc4c2OCOC4)C(=O)/C3=N\O)cc1. The number of methoxy groups -OCH3 is 1. The predicted molar refractivity (Wildman–Crippen MR) is 124 cm³/mol. The topological polar surface area (TPSA) is 110 Å². The van der Waals surface area contributed by atoms with E-state index >= 15 is 0 Å². The summed E-state index contributed by atoms with van der Waals surface area (Å²) in [6, 6.07) is 14.0. The second-order valence-electron chi connectivity index (χ2n) is 7.92. The fraction of sp³-hybridized carbons (Fsp3) is 0.160. The molecule has 0 atom stereocenters. The van der Waals surface area contributed by atoms with Gasteiger partial charge >= 0.3 is 0 Å². The molecular formula is C25H20FN3O6. The van der Waals surface area contributed by atoms with Crippen molar-refractivity contribution in [2.75, 3.05) is 24.1 Å². The van der Waals surface area contributed by atoms with E-state index in [1.165, 1.54) is 24.1 Å². The first-order chi connectivity index (χ1) is 17.0. The minimum atomic E-state index is -0.564. The Balaban J connectivity index is 1.46. The predicted octanol–water partition coefficient (Wildman–Crippen LogP) is 3.68. The highest BCUT2D eigenvalue weighted by molar-refractivity contribution is 6.54. The molecule has 0 spiro atoms. The van der Waals surface area contributed by atoms with Crippen LogP contribution in [0.15, 0.2) is 59.8 Å². The molecule has 0 saturated heterocycles. The Bertz CT molecular complexity index is 1360. The summed E-state index contributed by atoms with van der Waals surface area (Å²) in [5.41, 5.74) is 2.46. The Morgan fingerprint density at radius 1 is 1.20 bits per heavy atom. The third kappa shape index (κ3) is 4.15. The van der Waals surface area contributed by atoms with Gasteiger partial charge in [0.25, 0.3) is 11.8 Å². The van der Waals surface area contributed by atoms with E-state index in [9.17, 15) is 19.2 Å². The van der Waals surface area contributed by atoms with Crippen molar-refractivity contribution < 1.29 is 33.4 Å². The first kappa shape index (κ1) is 22.4. The van der Waals surface area contributed by atoms with E-state index in [-0.39, 0.29) is 31.6 Å². The van der Waals surface area contributed by atoms with Crippen LogP contribution in [0.1, 0.15) is 27.0 Å². The molecule has 2 heterocycles. The number of rotatable bonds is 5. The molecule has 0 aliphatic carbocycles. The molecular weight excluding hydrogens is 457 g/mol. The number of nitrogens with zero attached hydrogens (tertiary/aromatic N) is 2. The van der Waals surface area contributed by atoms with Gasteiger partial charge in [-0.2, -0.15) is 0 Å². The Morgan fingerprint density at radius 2 is 2.00 bits per heavy atom. The molecule has 2 aliphatic heterocycles. The molecule has 178 valence electrons. The van der Waals surface area contributed by atoms with Crippen LogP contribution in [0.2, 0.25) is 0 Å². The Morgan fingerprint density at radius 3 is 2.74 bits per heavy atom. The second-order valence-corrected chi connectivity index (χ2v) is 7.92. The molecule has 9 nitrogen and oxygen atoms in total. The van der Waals surface area contributed by atoms with Crippen LogP contribution in [-0.2, 0) is 22.7 Å². The second kappa shape index (κ2) is 9.07. The van der Waals surface area contributed by atoms with E-state index in [4.69, 9.17) is 14.2 Å². The summed E-state index contributed by atoms with van der Waals surface area (Å²) in [5, 5.41) is 15.4. The molecule has 0 radical (unpaired) electrons. The third-order valence-electron chi connectivity index (χ3n) is 5.78. The number of anilines is 2. The van der Waals surface area contributed by atoms with Crippen molar-refractivity contribution in [3.8, 4) is 11.5 Å². The highest BCUT2D eigenvalue weighted by Gasteiger charge is 2.36. The lowest BCUT2D eigenvalue weighted by atomic mass is 10.1. The number of nitrogens with one attached hydrogen (secondary N) is 1. The van der Waals surface area contributed by atoms with Crippen molar-refractivity contribution in [3.05, 3.63) is 82.7 Å². The van der Waals surface area contributed by atoms with Crippen LogP contribution in [0.3, 0.4) is 0 Å². The van der Waals surface area contributed by atoms with E-state index in [0.29, 0.717) is 45.1 Å². The van der Waals surface area contributed by atoms with E-state index in [2.05, 4.69) is 10.5 Å². The monoisotopic (exact) mass is 477 g/mol. The zero-order chi connectivity index (χ0) is 24.5. The van der Waals surface area contributed by atoms with Gasteiger partial charge < -0.3 is 29.6 Å². The average Bonchev–Trinajstić information content (AvgIpc) is 3.13. The molecule has 2 amide bonds. The number of amides is 2. The van der Waals surface area contributed by atoms with Gasteiger partial charge in [0.15, 0.2) is 12.5 Å². The molecule has 5 rings (SSSR count). The molecule has 0 unspecified atom stereocenters. The number of hydrogen-bond donors (Lipinski definition) is 2. The van der Waals surface area contributed by atoms with Crippen molar-refractivity contribution in [2.45, 2.75) is 13.2 Å². The Hall–Kier alpha value is -4.44. The first-order valence-electron chi connectivity index (χ1n) is 10.6. The molecule has 0 saturated carbocycles. The number of hydrogen-bond acceptors (Lipinski definition) is 7. The molecule has 0 bridgehead atoms. The van der Waals surface area contributed by atoms with Crippen LogP contribution in [-0.4, -0.2) is 36.6 Å². The lowest BCUT2D eigenvalue weighted by Gasteiger charge is -2.24. The lowest BCUT2D eigenvalue weighted by molar-refractivity contribution is -0.112. The van der Waals surface area contributed by atoms with Crippen LogP contribution in [0.4, 0.5) is 15.8 Å². The summed E-state index contributed by atoms with van der Waals surface area (Å²) < 4.78 is 30.1. The van der Waals surface area contributed by atoms with E-state index in [0.717, 1.165) is 0 Å². The van der Waals surface area contributed by atoms with Crippen LogP contribution in [0, 0.1) is 5.82 Å². The molecule has 3 aromatic carbocycles. The van der Waals surface area contributed by atoms with Gasteiger partial charge in [-0.25, -0.2) is 4.39 Å². The quantitative estimate of drug-likeness (QED) is 0.429. The number of oxime groups is 1. The van der Waals surface area contributed by atoms with E-state index in [1.54, 1.807) is 42.5 Å². The summed E-state index contributed by atoms with van der Waals surface area (Å²) in [6.07, 6.45) is 0. The number of carbonyl (C=O) groups is 2. The molecule has 3 aromatic rings. The molecule has 0 fully saturated rings.